The largest absolute Gasteiger partial charge is 0.493 e. The molecule has 0 saturated heterocycles. The van der Waals surface area contributed by atoms with Gasteiger partial charge in [0, 0.05) is 52.8 Å². The molecule has 5 rings (SSSR count). The minimum Gasteiger partial charge on any atom is -0.493 e. The third-order valence-electron chi connectivity index (χ3n) is 5.63. The molecule has 0 unspecified atom stereocenters. The molecule has 0 fully saturated rings. The second kappa shape index (κ2) is 8.87. The molecule has 2 aromatic carbocycles. The molecule has 0 aliphatic carbocycles. The van der Waals surface area contributed by atoms with Crippen LogP contribution in [0.15, 0.2) is 65.8 Å². The fourth-order valence-corrected chi connectivity index (χ4v) is 4.80. The summed E-state index contributed by atoms with van der Waals surface area (Å²) < 4.78 is 34.9. The predicted molar refractivity (Wildman–Crippen MR) is 133 cm³/mol. The standard InChI is InChI=1S/C25H21ClN2O5S/c1-34(30,31)33-9-3-8-32-19-12-21-20-6-5-18(26)11-23(20)28-15-17(10-16-4-2-7-27-14-16)25(29)22(13-19)24(21)28/h2,4-7,11-15H,3,8-10H2,1H3. The molecule has 0 spiro atoms. The molecule has 3 aromatic heterocycles. The number of ether oxygens (including phenoxy) is 1. The number of benzene rings is 2. The zero-order chi connectivity index (χ0) is 23.9. The van der Waals surface area contributed by atoms with E-state index >= 15 is 0 Å². The maximum absolute atomic E-state index is 13.5. The molecule has 0 radical (unpaired) electrons. The van der Waals surface area contributed by atoms with E-state index in [1.165, 1.54) is 0 Å². The molecule has 34 heavy (non-hydrogen) atoms. The van der Waals surface area contributed by atoms with Crippen molar-refractivity contribution in [3.05, 3.63) is 87.4 Å². The Bertz CT molecular complexity index is 1670. The van der Waals surface area contributed by atoms with Gasteiger partial charge in [-0.15, -0.1) is 0 Å². The van der Waals surface area contributed by atoms with Gasteiger partial charge in [-0.3, -0.25) is 14.0 Å². The lowest BCUT2D eigenvalue weighted by atomic mass is 10.0. The van der Waals surface area contributed by atoms with Gasteiger partial charge in [0.25, 0.3) is 10.1 Å². The van der Waals surface area contributed by atoms with Crippen molar-refractivity contribution >= 4 is 48.9 Å². The lowest BCUT2D eigenvalue weighted by Crippen LogP contribution is -2.12. The van der Waals surface area contributed by atoms with Crippen LogP contribution in [0.4, 0.5) is 0 Å². The predicted octanol–water partition coefficient (Wildman–Crippen LogP) is 4.43. The summed E-state index contributed by atoms with van der Waals surface area (Å²) in [5, 5.41) is 3.00. The topological polar surface area (TPSA) is 87.0 Å². The van der Waals surface area contributed by atoms with Crippen LogP contribution in [0.1, 0.15) is 17.5 Å². The van der Waals surface area contributed by atoms with Crippen LogP contribution in [0.5, 0.6) is 5.75 Å². The van der Waals surface area contributed by atoms with E-state index in [1.807, 2.05) is 47.0 Å². The van der Waals surface area contributed by atoms with Gasteiger partial charge < -0.3 is 9.14 Å². The van der Waals surface area contributed by atoms with Crippen LogP contribution in [-0.2, 0) is 20.7 Å². The number of halogens is 1. The van der Waals surface area contributed by atoms with Crippen molar-refractivity contribution in [3.8, 4) is 5.75 Å². The van der Waals surface area contributed by atoms with E-state index in [0.717, 1.165) is 33.6 Å². The third kappa shape index (κ3) is 4.44. The molecule has 0 atom stereocenters. The van der Waals surface area contributed by atoms with E-state index in [1.54, 1.807) is 18.5 Å². The molecule has 0 aliphatic rings. The molecular weight excluding hydrogens is 476 g/mol. The Kier molecular flexibility index (Phi) is 5.89. The van der Waals surface area contributed by atoms with Crippen LogP contribution in [0.2, 0.25) is 5.02 Å². The van der Waals surface area contributed by atoms with E-state index in [4.69, 9.17) is 20.5 Å². The Labute approximate surface area is 201 Å². The summed E-state index contributed by atoms with van der Waals surface area (Å²) >= 11 is 6.30. The normalized spacial score (nSPS) is 12.2. The second-order valence-corrected chi connectivity index (χ2v) is 10.2. The molecule has 0 saturated carbocycles. The van der Waals surface area contributed by atoms with Crippen molar-refractivity contribution in [3.63, 3.8) is 0 Å². The number of rotatable bonds is 8. The quantitative estimate of drug-likeness (QED) is 0.233. The van der Waals surface area contributed by atoms with Gasteiger partial charge >= 0.3 is 0 Å². The molecule has 0 amide bonds. The van der Waals surface area contributed by atoms with Crippen LogP contribution >= 0.6 is 11.6 Å². The molecule has 5 aromatic rings. The third-order valence-corrected chi connectivity index (χ3v) is 6.46. The maximum atomic E-state index is 13.5. The van der Waals surface area contributed by atoms with Crippen LogP contribution in [-0.4, -0.2) is 37.3 Å². The van der Waals surface area contributed by atoms with E-state index in [2.05, 4.69) is 4.98 Å². The zero-order valence-electron chi connectivity index (χ0n) is 18.3. The van der Waals surface area contributed by atoms with E-state index < -0.39 is 10.1 Å². The van der Waals surface area contributed by atoms with Gasteiger partial charge in [-0.05, 0) is 35.9 Å². The highest BCUT2D eigenvalue weighted by atomic mass is 35.5. The van der Waals surface area contributed by atoms with Gasteiger partial charge in [-0.25, -0.2) is 0 Å². The van der Waals surface area contributed by atoms with Gasteiger partial charge in [0.1, 0.15) is 5.75 Å². The van der Waals surface area contributed by atoms with Crippen LogP contribution < -0.4 is 10.2 Å². The SMILES string of the molecule is CS(=O)(=O)OCCCOc1cc2c(=O)c(Cc3cccnc3)cn3c4cc(Cl)ccc4c(c1)c23. The van der Waals surface area contributed by atoms with Gasteiger partial charge in [0.05, 0.1) is 35.9 Å². The van der Waals surface area contributed by atoms with Crippen molar-refractivity contribution in [2.75, 3.05) is 19.5 Å². The van der Waals surface area contributed by atoms with Crippen LogP contribution in [0, 0.1) is 0 Å². The molecule has 0 N–H and O–H groups in total. The summed E-state index contributed by atoms with van der Waals surface area (Å²) in [6, 6.07) is 13.1. The highest BCUT2D eigenvalue weighted by molar-refractivity contribution is 7.85. The fraction of sp³-hybridized carbons (Fsp3) is 0.200. The minimum atomic E-state index is -3.49. The monoisotopic (exact) mass is 496 g/mol. The molecule has 3 heterocycles. The molecule has 9 heteroatoms. The highest BCUT2D eigenvalue weighted by Crippen LogP contribution is 2.35. The first-order chi connectivity index (χ1) is 16.3. The Balaban J connectivity index is 1.60. The summed E-state index contributed by atoms with van der Waals surface area (Å²) in [7, 11) is -3.49. The van der Waals surface area contributed by atoms with Gasteiger partial charge in [-0.2, -0.15) is 8.42 Å². The molecule has 0 bridgehead atoms. The second-order valence-electron chi connectivity index (χ2n) is 8.15. The zero-order valence-corrected chi connectivity index (χ0v) is 19.9. The summed E-state index contributed by atoms with van der Waals surface area (Å²) in [5.41, 5.74) is 3.22. The van der Waals surface area contributed by atoms with Crippen LogP contribution in [0.25, 0.3) is 27.2 Å². The first-order valence-corrected chi connectivity index (χ1v) is 12.9. The van der Waals surface area contributed by atoms with Crippen molar-refractivity contribution in [1.29, 1.82) is 0 Å². The lowest BCUT2D eigenvalue weighted by molar-refractivity contribution is 0.252. The van der Waals surface area contributed by atoms with E-state index in [0.29, 0.717) is 34.6 Å². The number of hydrogen-bond acceptors (Lipinski definition) is 6. The van der Waals surface area contributed by atoms with Crippen molar-refractivity contribution in [2.24, 2.45) is 0 Å². The first kappa shape index (κ1) is 22.6. The lowest BCUT2D eigenvalue weighted by Gasteiger charge is -2.10. The summed E-state index contributed by atoms with van der Waals surface area (Å²) in [4.78, 5) is 17.7. The summed E-state index contributed by atoms with van der Waals surface area (Å²) in [6.45, 7) is 0.278. The highest BCUT2D eigenvalue weighted by Gasteiger charge is 2.18. The molecular formula is C25H21ClN2O5S. The van der Waals surface area contributed by atoms with E-state index in [-0.39, 0.29) is 18.6 Å². The fourth-order valence-electron chi connectivity index (χ4n) is 4.21. The smallest absolute Gasteiger partial charge is 0.264 e. The number of hydrogen-bond donors (Lipinski definition) is 0. The Morgan fingerprint density at radius 3 is 2.65 bits per heavy atom. The summed E-state index contributed by atoms with van der Waals surface area (Å²) in [6.07, 6.45) is 7.18. The first-order valence-electron chi connectivity index (χ1n) is 10.7. The van der Waals surface area contributed by atoms with Crippen molar-refractivity contribution in [2.45, 2.75) is 12.8 Å². The number of pyridine rings is 2. The number of fused-ring (bicyclic) bond motifs is 3. The molecule has 7 nitrogen and oxygen atoms in total. The van der Waals surface area contributed by atoms with Crippen LogP contribution in [0.3, 0.4) is 0 Å². The number of nitrogens with zero attached hydrogens (tertiary/aromatic N) is 2. The van der Waals surface area contributed by atoms with Gasteiger partial charge in [-0.1, -0.05) is 23.7 Å². The maximum Gasteiger partial charge on any atom is 0.264 e. The Morgan fingerprint density at radius 2 is 1.88 bits per heavy atom. The average Bonchev–Trinajstić information content (AvgIpc) is 3.10. The average molecular weight is 497 g/mol. The molecule has 0 aliphatic heterocycles. The van der Waals surface area contributed by atoms with Gasteiger partial charge in [0.15, 0.2) is 5.43 Å². The summed E-state index contributed by atoms with van der Waals surface area (Å²) in [5.74, 6) is 0.534. The molecule has 174 valence electrons. The Morgan fingerprint density at radius 1 is 1.06 bits per heavy atom. The minimum absolute atomic E-state index is 0.0304. The van der Waals surface area contributed by atoms with Gasteiger partial charge in [0.2, 0.25) is 0 Å². The van der Waals surface area contributed by atoms with Crippen molar-refractivity contribution < 1.29 is 17.3 Å². The Hall–Kier alpha value is -3.20. The number of aromatic nitrogens is 2. The van der Waals surface area contributed by atoms with Crippen molar-refractivity contribution in [1.82, 2.24) is 9.38 Å². The van der Waals surface area contributed by atoms with E-state index in [9.17, 15) is 13.2 Å².